The molecule has 144 valence electrons. The van der Waals surface area contributed by atoms with Crippen LogP contribution >= 0.6 is 0 Å². The third-order valence-corrected chi connectivity index (χ3v) is 3.72. The quantitative estimate of drug-likeness (QED) is 0.696. The SMILES string of the molecule is CCOc1ccc(C(=O)NNC(=O)CCOc2ccccc2C)cc1OC. The number of rotatable bonds is 8. The molecule has 2 amide bonds. The molecule has 7 nitrogen and oxygen atoms in total. The van der Waals surface area contributed by atoms with Crippen molar-refractivity contribution in [2.45, 2.75) is 20.3 Å². The zero-order valence-electron chi connectivity index (χ0n) is 15.7. The molecule has 2 N–H and O–H groups in total. The van der Waals surface area contributed by atoms with E-state index in [1.165, 1.54) is 7.11 Å². The van der Waals surface area contributed by atoms with Crippen LogP contribution in [0.3, 0.4) is 0 Å². The number of hydrogen-bond donors (Lipinski definition) is 2. The Kier molecular flexibility index (Phi) is 7.49. The number of carbonyl (C=O) groups is 2. The molecule has 0 fully saturated rings. The summed E-state index contributed by atoms with van der Waals surface area (Å²) in [6.45, 7) is 4.49. The zero-order chi connectivity index (χ0) is 19.6. The Bertz CT molecular complexity index is 792. The van der Waals surface area contributed by atoms with E-state index >= 15 is 0 Å². The number of amides is 2. The van der Waals surface area contributed by atoms with Crippen molar-refractivity contribution in [3.63, 3.8) is 0 Å². The summed E-state index contributed by atoms with van der Waals surface area (Å²) in [5, 5.41) is 0. The number of hydrazine groups is 1. The third-order valence-electron chi connectivity index (χ3n) is 3.72. The van der Waals surface area contributed by atoms with Crippen molar-refractivity contribution in [3.8, 4) is 17.2 Å². The van der Waals surface area contributed by atoms with Gasteiger partial charge in [0.05, 0.1) is 26.7 Å². The number of para-hydroxylation sites is 1. The maximum atomic E-state index is 12.2. The maximum Gasteiger partial charge on any atom is 0.269 e. The monoisotopic (exact) mass is 372 g/mol. The summed E-state index contributed by atoms with van der Waals surface area (Å²) in [7, 11) is 1.50. The number of benzene rings is 2. The predicted molar refractivity (Wildman–Crippen MR) is 101 cm³/mol. The summed E-state index contributed by atoms with van der Waals surface area (Å²) in [6, 6.07) is 12.3. The first-order valence-corrected chi connectivity index (χ1v) is 8.63. The van der Waals surface area contributed by atoms with Crippen molar-refractivity contribution < 1.29 is 23.8 Å². The smallest absolute Gasteiger partial charge is 0.269 e. The first-order valence-electron chi connectivity index (χ1n) is 8.63. The molecule has 0 atom stereocenters. The average Bonchev–Trinajstić information content (AvgIpc) is 2.68. The van der Waals surface area contributed by atoms with Gasteiger partial charge in [-0.2, -0.15) is 0 Å². The molecule has 2 rings (SSSR count). The predicted octanol–water partition coefficient (Wildman–Crippen LogP) is 2.63. The fourth-order valence-electron chi connectivity index (χ4n) is 2.32. The van der Waals surface area contributed by atoms with E-state index in [2.05, 4.69) is 10.9 Å². The van der Waals surface area contributed by atoms with Gasteiger partial charge in [-0.05, 0) is 43.7 Å². The highest BCUT2D eigenvalue weighted by Gasteiger charge is 2.12. The zero-order valence-corrected chi connectivity index (χ0v) is 15.7. The lowest BCUT2D eigenvalue weighted by molar-refractivity contribution is -0.122. The summed E-state index contributed by atoms with van der Waals surface area (Å²) < 4.78 is 16.2. The lowest BCUT2D eigenvalue weighted by Crippen LogP contribution is -2.42. The molecule has 2 aromatic rings. The fourth-order valence-corrected chi connectivity index (χ4v) is 2.32. The van der Waals surface area contributed by atoms with Gasteiger partial charge in [-0.1, -0.05) is 18.2 Å². The standard InChI is InChI=1S/C20H24N2O5/c1-4-26-17-10-9-15(13-18(17)25-3)20(24)22-21-19(23)11-12-27-16-8-6-5-7-14(16)2/h5-10,13H,4,11-12H2,1-3H3,(H,21,23)(H,22,24). The van der Waals surface area contributed by atoms with Crippen LogP contribution in [0.25, 0.3) is 0 Å². The summed E-state index contributed by atoms with van der Waals surface area (Å²) in [5.41, 5.74) is 6.08. The Morgan fingerprint density at radius 3 is 2.44 bits per heavy atom. The molecule has 2 aromatic carbocycles. The molecule has 27 heavy (non-hydrogen) atoms. The number of carbonyl (C=O) groups excluding carboxylic acids is 2. The number of methoxy groups -OCH3 is 1. The second kappa shape index (κ2) is 10.1. The van der Waals surface area contributed by atoms with Crippen molar-refractivity contribution in [2.24, 2.45) is 0 Å². The Morgan fingerprint density at radius 2 is 1.74 bits per heavy atom. The van der Waals surface area contributed by atoms with Gasteiger partial charge in [-0.25, -0.2) is 0 Å². The molecule has 0 spiro atoms. The fraction of sp³-hybridized carbons (Fsp3) is 0.300. The van der Waals surface area contributed by atoms with Gasteiger partial charge in [0.2, 0.25) is 5.91 Å². The Hall–Kier alpha value is -3.22. The van der Waals surface area contributed by atoms with Crippen LogP contribution in [0.4, 0.5) is 0 Å². The number of hydrogen-bond acceptors (Lipinski definition) is 5. The van der Waals surface area contributed by atoms with E-state index in [1.807, 2.05) is 38.1 Å². The van der Waals surface area contributed by atoms with Crippen LogP contribution in [0.15, 0.2) is 42.5 Å². The molecular weight excluding hydrogens is 348 g/mol. The molecule has 0 aliphatic carbocycles. The van der Waals surface area contributed by atoms with E-state index in [4.69, 9.17) is 14.2 Å². The van der Waals surface area contributed by atoms with E-state index < -0.39 is 5.91 Å². The minimum absolute atomic E-state index is 0.112. The van der Waals surface area contributed by atoms with Gasteiger partial charge in [0.15, 0.2) is 11.5 Å². The second-order valence-corrected chi connectivity index (χ2v) is 5.66. The van der Waals surface area contributed by atoms with E-state index in [0.717, 1.165) is 11.3 Å². The Balaban J connectivity index is 1.80. The van der Waals surface area contributed by atoms with Gasteiger partial charge < -0.3 is 14.2 Å². The van der Waals surface area contributed by atoms with E-state index in [9.17, 15) is 9.59 Å². The van der Waals surface area contributed by atoms with Crippen molar-refractivity contribution in [1.29, 1.82) is 0 Å². The molecule has 0 radical (unpaired) electrons. The molecule has 0 bridgehead atoms. The molecule has 7 heteroatoms. The van der Waals surface area contributed by atoms with Crippen LogP contribution in [-0.2, 0) is 4.79 Å². The van der Waals surface area contributed by atoms with Crippen molar-refractivity contribution >= 4 is 11.8 Å². The van der Waals surface area contributed by atoms with Crippen molar-refractivity contribution in [3.05, 3.63) is 53.6 Å². The van der Waals surface area contributed by atoms with Gasteiger partial charge >= 0.3 is 0 Å². The number of nitrogens with one attached hydrogen (secondary N) is 2. The van der Waals surface area contributed by atoms with Crippen LogP contribution in [0.1, 0.15) is 29.3 Å². The average molecular weight is 372 g/mol. The van der Waals surface area contributed by atoms with Crippen LogP contribution in [0, 0.1) is 6.92 Å². The first-order chi connectivity index (χ1) is 13.0. The van der Waals surface area contributed by atoms with Gasteiger partial charge in [-0.15, -0.1) is 0 Å². The minimum atomic E-state index is -0.454. The van der Waals surface area contributed by atoms with Crippen LogP contribution < -0.4 is 25.1 Å². The Labute approximate surface area is 158 Å². The first kappa shape index (κ1) is 20.1. The second-order valence-electron chi connectivity index (χ2n) is 5.66. The van der Waals surface area contributed by atoms with E-state index in [-0.39, 0.29) is 18.9 Å². The highest BCUT2D eigenvalue weighted by molar-refractivity contribution is 5.96. The topological polar surface area (TPSA) is 85.9 Å². The van der Waals surface area contributed by atoms with E-state index in [0.29, 0.717) is 23.7 Å². The van der Waals surface area contributed by atoms with Crippen LogP contribution in [0.2, 0.25) is 0 Å². The molecule has 0 saturated heterocycles. The molecule has 0 saturated carbocycles. The molecule has 0 aliphatic rings. The van der Waals surface area contributed by atoms with Crippen LogP contribution in [0.5, 0.6) is 17.2 Å². The number of ether oxygens (including phenoxy) is 3. The lowest BCUT2D eigenvalue weighted by atomic mass is 10.2. The summed E-state index contributed by atoms with van der Waals surface area (Å²) in [6.07, 6.45) is 0.112. The van der Waals surface area contributed by atoms with Gasteiger partial charge in [0, 0.05) is 5.56 Å². The molecular formula is C20H24N2O5. The van der Waals surface area contributed by atoms with Gasteiger partial charge in [0.1, 0.15) is 5.75 Å². The molecule has 0 aromatic heterocycles. The lowest BCUT2D eigenvalue weighted by Gasteiger charge is -2.12. The third kappa shape index (κ3) is 5.91. The van der Waals surface area contributed by atoms with E-state index in [1.54, 1.807) is 18.2 Å². The maximum absolute atomic E-state index is 12.2. The van der Waals surface area contributed by atoms with Gasteiger partial charge in [0.25, 0.3) is 5.91 Å². The molecule has 0 heterocycles. The summed E-state index contributed by atoms with van der Waals surface area (Å²) in [4.78, 5) is 24.0. The number of aryl methyl sites for hydroxylation is 1. The molecule has 0 aliphatic heterocycles. The highest BCUT2D eigenvalue weighted by atomic mass is 16.5. The van der Waals surface area contributed by atoms with Crippen molar-refractivity contribution in [2.75, 3.05) is 20.3 Å². The summed E-state index contributed by atoms with van der Waals surface area (Å²) in [5.74, 6) is 0.923. The van der Waals surface area contributed by atoms with Crippen molar-refractivity contribution in [1.82, 2.24) is 10.9 Å². The Morgan fingerprint density at radius 1 is 0.963 bits per heavy atom. The van der Waals surface area contributed by atoms with Gasteiger partial charge in [-0.3, -0.25) is 20.4 Å². The largest absolute Gasteiger partial charge is 0.493 e. The summed E-state index contributed by atoms with van der Waals surface area (Å²) >= 11 is 0. The molecule has 0 unspecified atom stereocenters. The minimum Gasteiger partial charge on any atom is -0.493 e. The normalized spacial score (nSPS) is 10.0. The highest BCUT2D eigenvalue weighted by Crippen LogP contribution is 2.27. The van der Waals surface area contributed by atoms with Crippen LogP contribution in [-0.4, -0.2) is 32.1 Å².